The molecule has 8 heteroatoms. The second-order valence-corrected chi connectivity index (χ2v) is 11.0. The largest absolute Gasteiger partial charge is 0.478 e. The van der Waals surface area contributed by atoms with Gasteiger partial charge in [-0.1, -0.05) is 51.0 Å². The van der Waals surface area contributed by atoms with E-state index >= 15 is 0 Å². The zero-order valence-electron chi connectivity index (χ0n) is 21.7. The number of nitrogens with one attached hydrogen (secondary N) is 1. The summed E-state index contributed by atoms with van der Waals surface area (Å²) in [4.78, 5) is 28.3. The van der Waals surface area contributed by atoms with Gasteiger partial charge in [0.15, 0.2) is 5.69 Å². The lowest BCUT2D eigenvalue weighted by molar-refractivity contribution is -0.131. The molecule has 3 aliphatic rings. The number of halogens is 1. The maximum absolute atomic E-state index is 14.1. The summed E-state index contributed by atoms with van der Waals surface area (Å²) in [6.07, 6.45) is 16.3. The summed E-state index contributed by atoms with van der Waals surface area (Å²) in [6, 6.07) is 4.37. The van der Waals surface area contributed by atoms with Crippen LogP contribution in [0.3, 0.4) is 0 Å². The summed E-state index contributed by atoms with van der Waals surface area (Å²) in [6.45, 7) is 0.625. The van der Waals surface area contributed by atoms with Crippen molar-refractivity contribution >= 4 is 18.0 Å². The van der Waals surface area contributed by atoms with E-state index in [2.05, 4.69) is 10.3 Å². The summed E-state index contributed by atoms with van der Waals surface area (Å²) in [5, 5.41) is 12.0. The predicted octanol–water partition coefficient (Wildman–Crippen LogP) is 5.90. The van der Waals surface area contributed by atoms with Crippen molar-refractivity contribution < 1.29 is 28.2 Å². The minimum atomic E-state index is -1.06. The zero-order chi connectivity index (χ0) is 26.5. The Hall–Kier alpha value is -3.00. The van der Waals surface area contributed by atoms with Crippen LogP contribution in [0.1, 0.15) is 97.6 Å². The van der Waals surface area contributed by atoms with Gasteiger partial charge in [0.25, 0.3) is 5.91 Å². The van der Waals surface area contributed by atoms with Gasteiger partial charge >= 0.3 is 5.97 Å². The molecule has 1 aliphatic carbocycles. The van der Waals surface area contributed by atoms with Crippen molar-refractivity contribution in [1.29, 1.82) is 0 Å². The third kappa shape index (κ3) is 6.34. The number of carboxylic acids is 1. The van der Waals surface area contributed by atoms with Gasteiger partial charge in [0.2, 0.25) is 5.89 Å². The number of nitrogens with zero attached hydrogens (tertiary/aromatic N) is 1. The lowest BCUT2D eigenvalue weighted by Gasteiger charge is -2.26. The Kier molecular flexibility index (Phi) is 8.57. The van der Waals surface area contributed by atoms with E-state index in [0.717, 1.165) is 37.7 Å². The summed E-state index contributed by atoms with van der Waals surface area (Å²) in [5.41, 5.74) is 1.64. The first-order chi connectivity index (χ1) is 18.5. The molecule has 38 heavy (non-hydrogen) atoms. The Bertz CT molecular complexity index is 1160. The van der Waals surface area contributed by atoms with E-state index < -0.39 is 5.97 Å². The third-order valence-corrected chi connectivity index (χ3v) is 8.48. The van der Waals surface area contributed by atoms with Crippen LogP contribution in [0.5, 0.6) is 0 Å². The van der Waals surface area contributed by atoms with Gasteiger partial charge in [-0.25, -0.2) is 14.2 Å². The molecule has 3 fully saturated rings. The average Bonchev–Trinajstić information content (AvgIpc) is 3.65. The molecule has 2 N–H and O–H groups in total. The molecule has 1 amide bonds. The summed E-state index contributed by atoms with van der Waals surface area (Å²) < 4.78 is 26.1. The Balaban J connectivity index is 1.20. The highest BCUT2D eigenvalue weighted by molar-refractivity contribution is 5.91. The van der Waals surface area contributed by atoms with Crippen LogP contribution in [0, 0.1) is 17.7 Å². The molecular formula is C30H37FN2O5. The highest BCUT2D eigenvalue weighted by atomic mass is 19.1. The smallest absolute Gasteiger partial charge is 0.328 e. The highest BCUT2D eigenvalue weighted by Crippen LogP contribution is 2.50. The Labute approximate surface area is 222 Å². The lowest BCUT2D eigenvalue weighted by atomic mass is 9.75. The second kappa shape index (κ2) is 12.2. The van der Waals surface area contributed by atoms with Gasteiger partial charge in [-0.05, 0) is 60.9 Å². The van der Waals surface area contributed by atoms with Gasteiger partial charge in [0.05, 0.1) is 18.1 Å². The standard InChI is InChI=1S/C30H37FN2O5/c31-22-11-9-20(10-14-27(34)35)21(16-22)17-23-25-12-13-26(38-25)28(23)30-33-24(18-37-30)29(36)32-15-5-4-8-19-6-2-1-3-7-19/h9-11,14,16,18-19,23,25-26,28H,1-8,12-13,15,17H2,(H,32,36)(H,34,35)/t23?,25?,26?,28-/m1/s1. The van der Waals surface area contributed by atoms with Crippen LogP contribution in [-0.4, -0.2) is 40.7 Å². The van der Waals surface area contributed by atoms with Crippen molar-refractivity contribution in [2.45, 2.75) is 88.8 Å². The fraction of sp³-hybridized carbons (Fsp3) is 0.567. The van der Waals surface area contributed by atoms with Crippen molar-refractivity contribution in [2.24, 2.45) is 11.8 Å². The Morgan fingerprint density at radius 3 is 2.74 bits per heavy atom. The van der Waals surface area contributed by atoms with Gasteiger partial charge in [-0.2, -0.15) is 0 Å². The van der Waals surface area contributed by atoms with E-state index in [0.29, 0.717) is 30.0 Å². The summed E-state index contributed by atoms with van der Waals surface area (Å²) in [5.74, 6) is -0.496. The van der Waals surface area contributed by atoms with Crippen molar-refractivity contribution in [3.05, 3.63) is 59.1 Å². The summed E-state index contributed by atoms with van der Waals surface area (Å²) >= 11 is 0. The number of carboxylic acid groups (broad SMARTS) is 1. The molecule has 2 aromatic rings. The van der Waals surface area contributed by atoms with E-state index in [-0.39, 0.29) is 41.5 Å². The first-order valence-corrected chi connectivity index (χ1v) is 14.1. The third-order valence-electron chi connectivity index (χ3n) is 8.48. The van der Waals surface area contributed by atoms with Crippen LogP contribution in [0.4, 0.5) is 4.39 Å². The number of oxazole rings is 1. The number of unbranched alkanes of at least 4 members (excludes halogenated alkanes) is 1. The Morgan fingerprint density at radius 1 is 1.11 bits per heavy atom. The number of hydrogen-bond acceptors (Lipinski definition) is 5. The molecule has 0 radical (unpaired) electrons. The van der Waals surface area contributed by atoms with Gasteiger partial charge in [0, 0.05) is 18.5 Å². The van der Waals surface area contributed by atoms with Gasteiger partial charge in [-0.3, -0.25) is 4.79 Å². The monoisotopic (exact) mass is 524 g/mol. The average molecular weight is 525 g/mol. The lowest BCUT2D eigenvalue weighted by Crippen LogP contribution is -2.28. The molecule has 5 rings (SSSR count). The minimum Gasteiger partial charge on any atom is -0.478 e. The van der Waals surface area contributed by atoms with Crippen molar-refractivity contribution in [2.75, 3.05) is 6.54 Å². The first kappa shape index (κ1) is 26.6. The molecule has 204 valence electrons. The zero-order valence-corrected chi connectivity index (χ0v) is 21.7. The number of carbonyl (C=O) groups excluding carboxylic acids is 1. The molecule has 2 bridgehead atoms. The molecule has 2 saturated heterocycles. The molecule has 2 aliphatic heterocycles. The maximum Gasteiger partial charge on any atom is 0.328 e. The minimum absolute atomic E-state index is 0.0122. The molecule has 1 aromatic heterocycles. The molecule has 1 aromatic carbocycles. The molecule has 3 unspecified atom stereocenters. The van der Waals surface area contributed by atoms with Crippen LogP contribution in [0.2, 0.25) is 0 Å². The van der Waals surface area contributed by atoms with Crippen LogP contribution in [0.15, 0.2) is 35.0 Å². The van der Waals surface area contributed by atoms with E-state index in [1.54, 1.807) is 6.07 Å². The van der Waals surface area contributed by atoms with Crippen LogP contribution < -0.4 is 5.32 Å². The van der Waals surface area contributed by atoms with Crippen molar-refractivity contribution in [3.63, 3.8) is 0 Å². The number of aliphatic carboxylic acids is 1. The van der Waals surface area contributed by atoms with Crippen molar-refractivity contribution in [3.8, 4) is 0 Å². The summed E-state index contributed by atoms with van der Waals surface area (Å²) in [7, 11) is 0. The highest BCUT2D eigenvalue weighted by Gasteiger charge is 2.51. The van der Waals surface area contributed by atoms with Gasteiger partial charge < -0.3 is 19.6 Å². The second-order valence-electron chi connectivity index (χ2n) is 11.0. The normalized spacial score (nSPS) is 25.3. The van der Waals surface area contributed by atoms with E-state index in [4.69, 9.17) is 14.3 Å². The fourth-order valence-corrected chi connectivity index (χ4v) is 6.58. The van der Waals surface area contributed by atoms with Crippen LogP contribution in [-0.2, 0) is 16.0 Å². The molecule has 7 nitrogen and oxygen atoms in total. The van der Waals surface area contributed by atoms with E-state index in [1.165, 1.54) is 63.0 Å². The number of benzene rings is 1. The van der Waals surface area contributed by atoms with Gasteiger partial charge in [0.1, 0.15) is 12.1 Å². The van der Waals surface area contributed by atoms with E-state index in [9.17, 15) is 14.0 Å². The SMILES string of the molecule is O=C(O)C=Cc1ccc(F)cc1CC1C2CCC(O2)[C@@H]1c1nc(C(=O)NCCCCC2CCCCC2)co1. The number of aromatic nitrogens is 1. The number of rotatable bonds is 11. The quantitative estimate of drug-likeness (QED) is 0.281. The fourth-order valence-electron chi connectivity index (χ4n) is 6.58. The number of ether oxygens (including phenoxy) is 1. The number of carbonyl (C=O) groups is 2. The Morgan fingerprint density at radius 2 is 1.92 bits per heavy atom. The predicted molar refractivity (Wildman–Crippen MR) is 140 cm³/mol. The maximum atomic E-state index is 14.1. The topological polar surface area (TPSA) is 102 Å². The van der Waals surface area contributed by atoms with Crippen LogP contribution >= 0.6 is 0 Å². The number of amides is 1. The van der Waals surface area contributed by atoms with Crippen LogP contribution in [0.25, 0.3) is 6.08 Å². The van der Waals surface area contributed by atoms with E-state index in [1.807, 2.05) is 0 Å². The molecule has 0 spiro atoms. The van der Waals surface area contributed by atoms with Crippen molar-refractivity contribution in [1.82, 2.24) is 10.3 Å². The van der Waals surface area contributed by atoms with Gasteiger partial charge in [-0.15, -0.1) is 0 Å². The first-order valence-electron chi connectivity index (χ1n) is 14.1. The molecule has 4 atom stereocenters. The molecule has 1 saturated carbocycles. The molecule has 3 heterocycles. The number of fused-ring (bicyclic) bond motifs is 2. The molecular weight excluding hydrogens is 487 g/mol. The number of hydrogen-bond donors (Lipinski definition) is 2.